The second-order valence-electron chi connectivity index (χ2n) is 5.73. The predicted molar refractivity (Wildman–Crippen MR) is 79.6 cm³/mol. The molecule has 0 saturated heterocycles. The van der Waals surface area contributed by atoms with Crippen LogP contribution in [0.5, 0.6) is 5.75 Å². The van der Waals surface area contributed by atoms with Gasteiger partial charge in [-0.15, -0.1) is 0 Å². The van der Waals surface area contributed by atoms with Crippen LogP contribution in [0.15, 0.2) is 18.2 Å². The van der Waals surface area contributed by atoms with Crippen molar-refractivity contribution in [2.45, 2.75) is 50.8 Å². The van der Waals surface area contributed by atoms with Gasteiger partial charge in [-0.3, -0.25) is 4.79 Å². The highest BCUT2D eigenvalue weighted by atomic mass is 19.4. The van der Waals surface area contributed by atoms with Crippen LogP contribution in [0, 0.1) is 6.92 Å². The topological polar surface area (TPSA) is 38.3 Å². The molecule has 1 aromatic rings. The first-order chi connectivity index (χ1) is 11.8. The smallest absolute Gasteiger partial charge is 0.460 e. The van der Waals surface area contributed by atoms with E-state index < -0.39 is 30.0 Å². The lowest BCUT2D eigenvalue weighted by Gasteiger charge is -2.28. The van der Waals surface area contributed by atoms with E-state index in [2.05, 4.69) is 0 Å². The van der Waals surface area contributed by atoms with Crippen molar-refractivity contribution in [2.24, 2.45) is 0 Å². The fourth-order valence-corrected chi connectivity index (χ4v) is 2.25. The molecule has 1 amide bonds. The Balaban J connectivity index is 2.93. The van der Waals surface area contributed by atoms with E-state index in [1.54, 1.807) is 30.4 Å². The minimum Gasteiger partial charge on any atom is -0.496 e. The number of aryl methyl sites for hydroxylation is 1. The summed E-state index contributed by atoms with van der Waals surface area (Å²) in [6.45, 7) is 3.18. The van der Waals surface area contributed by atoms with Gasteiger partial charge in [-0.1, -0.05) is 19.1 Å². The van der Waals surface area contributed by atoms with Gasteiger partial charge in [-0.25, -0.2) is 0 Å². The first kappa shape index (κ1) is 22.0. The molecule has 0 fully saturated rings. The van der Waals surface area contributed by atoms with Gasteiger partial charge in [-0.2, -0.15) is 30.7 Å². The average molecular weight is 389 g/mol. The highest BCUT2D eigenvalue weighted by Crippen LogP contribution is 2.46. The molecule has 1 atom stereocenters. The van der Waals surface area contributed by atoms with Gasteiger partial charge in [0.2, 0.25) is 0 Å². The van der Waals surface area contributed by atoms with Crippen molar-refractivity contribution < 1.29 is 40.3 Å². The molecular formula is C16H18F7NO2. The molecule has 0 saturated carbocycles. The monoisotopic (exact) mass is 389 g/mol. The van der Waals surface area contributed by atoms with Crippen LogP contribution >= 0.6 is 0 Å². The Labute approximate surface area is 145 Å². The molecule has 1 rings (SSSR count). The Hall–Kier alpha value is -2.00. The number of amides is 1. The molecule has 0 heterocycles. The first-order valence-corrected chi connectivity index (χ1v) is 7.54. The summed E-state index contributed by atoms with van der Waals surface area (Å²) in [5, 5.41) is 1.58. The minimum atomic E-state index is -6.55. The van der Waals surface area contributed by atoms with Crippen molar-refractivity contribution in [3.05, 3.63) is 29.3 Å². The number of carbonyl (C=O) groups is 1. The number of rotatable bonds is 7. The molecule has 0 spiro atoms. The van der Waals surface area contributed by atoms with E-state index in [4.69, 9.17) is 4.74 Å². The maximum atomic E-state index is 13.4. The zero-order chi connectivity index (χ0) is 20.3. The summed E-state index contributed by atoms with van der Waals surface area (Å²) in [6, 6.07) is 3.75. The zero-order valence-corrected chi connectivity index (χ0v) is 14.2. The molecule has 26 heavy (non-hydrogen) atoms. The van der Waals surface area contributed by atoms with Crippen LogP contribution in [0.3, 0.4) is 0 Å². The highest BCUT2D eigenvalue weighted by Gasteiger charge is 2.76. The van der Waals surface area contributed by atoms with Crippen molar-refractivity contribution in [3.63, 3.8) is 0 Å². The fourth-order valence-electron chi connectivity index (χ4n) is 2.25. The molecule has 0 radical (unpaired) electrons. The lowest BCUT2D eigenvalue weighted by Crippen LogP contribution is -2.60. The van der Waals surface area contributed by atoms with Crippen molar-refractivity contribution in [1.82, 2.24) is 5.32 Å². The number of methoxy groups -OCH3 is 1. The molecular weight excluding hydrogens is 371 g/mol. The standard InChI is InChI=1S/C16H18F7NO2/c1-4-11(8-10-5-6-12(26-3)9(2)7-10)24-13(25)14(17,18)15(19,20)16(21,22)23/h5-7,11H,4,8H2,1-3H3,(H,24,25). The van der Waals surface area contributed by atoms with Crippen LogP contribution in [0.1, 0.15) is 24.5 Å². The van der Waals surface area contributed by atoms with Crippen LogP contribution in [0.4, 0.5) is 30.7 Å². The van der Waals surface area contributed by atoms with Crippen LogP contribution < -0.4 is 10.1 Å². The summed E-state index contributed by atoms with van der Waals surface area (Å²) in [4.78, 5) is 11.4. The molecule has 0 aliphatic heterocycles. The van der Waals surface area contributed by atoms with Crippen molar-refractivity contribution in [2.75, 3.05) is 7.11 Å². The number of alkyl halides is 7. The minimum absolute atomic E-state index is 0.0270. The maximum absolute atomic E-state index is 13.4. The summed E-state index contributed by atoms with van der Waals surface area (Å²) < 4.78 is 94.1. The van der Waals surface area contributed by atoms with E-state index in [1.165, 1.54) is 14.0 Å². The first-order valence-electron chi connectivity index (χ1n) is 7.54. The average Bonchev–Trinajstić information content (AvgIpc) is 2.52. The normalized spacial score (nSPS) is 14.1. The van der Waals surface area contributed by atoms with Gasteiger partial charge in [-0.05, 0) is 37.0 Å². The van der Waals surface area contributed by atoms with Crippen molar-refractivity contribution >= 4 is 5.91 Å². The molecule has 0 aliphatic rings. The Bertz CT molecular complexity index is 644. The number of halogens is 7. The number of hydrogen-bond acceptors (Lipinski definition) is 2. The Morgan fingerprint density at radius 2 is 1.73 bits per heavy atom. The van der Waals surface area contributed by atoms with Crippen molar-refractivity contribution in [3.8, 4) is 5.75 Å². The molecule has 0 aliphatic carbocycles. The predicted octanol–water partition coefficient (Wildman–Crippen LogP) is 4.27. The summed E-state index contributed by atoms with van der Waals surface area (Å²) in [5.41, 5.74) is 1.28. The number of nitrogens with one attached hydrogen (secondary N) is 1. The molecule has 0 aromatic heterocycles. The van der Waals surface area contributed by atoms with Crippen LogP contribution in [0.25, 0.3) is 0 Å². The van der Waals surface area contributed by atoms with Crippen LogP contribution in [0.2, 0.25) is 0 Å². The lowest BCUT2D eigenvalue weighted by atomic mass is 10.0. The SMILES string of the molecule is CCC(Cc1ccc(OC)c(C)c1)NC(=O)C(F)(F)C(F)(F)C(F)(F)F. The van der Waals surface area contributed by atoms with E-state index in [1.807, 2.05) is 0 Å². The molecule has 0 bridgehead atoms. The van der Waals surface area contributed by atoms with Crippen LogP contribution in [-0.4, -0.2) is 37.1 Å². The van der Waals surface area contributed by atoms with Crippen LogP contribution in [-0.2, 0) is 11.2 Å². The van der Waals surface area contributed by atoms with E-state index in [9.17, 15) is 35.5 Å². The van der Waals surface area contributed by atoms with E-state index in [0.717, 1.165) is 0 Å². The highest BCUT2D eigenvalue weighted by molar-refractivity contribution is 5.85. The summed E-state index contributed by atoms with van der Waals surface area (Å²) in [7, 11) is 1.44. The zero-order valence-electron chi connectivity index (χ0n) is 14.2. The summed E-state index contributed by atoms with van der Waals surface area (Å²) in [6.07, 6.45) is -6.53. The Morgan fingerprint density at radius 3 is 2.15 bits per heavy atom. The maximum Gasteiger partial charge on any atom is 0.460 e. The van der Waals surface area contributed by atoms with Gasteiger partial charge in [0.1, 0.15) is 5.75 Å². The van der Waals surface area contributed by atoms with Gasteiger partial charge < -0.3 is 10.1 Å². The van der Waals surface area contributed by atoms with Crippen molar-refractivity contribution in [1.29, 1.82) is 0 Å². The lowest BCUT2D eigenvalue weighted by molar-refractivity contribution is -0.344. The Morgan fingerprint density at radius 1 is 1.15 bits per heavy atom. The third kappa shape index (κ3) is 4.39. The summed E-state index contributed by atoms with van der Waals surface area (Å²) in [5.74, 6) is -14.5. The van der Waals surface area contributed by atoms with E-state index in [0.29, 0.717) is 16.9 Å². The van der Waals surface area contributed by atoms with Gasteiger partial charge in [0, 0.05) is 6.04 Å². The Kier molecular flexibility index (Phi) is 6.54. The molecule has 10 heteroatoms. The number of hydrogen-bond donors (Lipinski definition) is 1. The van der Waals surface area contributed by atoms with Gasteiger partial charge in [0.25, 0.3) is 5.91 Å². The molecule has 1 N–H and O–H groups in total. The second kappa shape index (κ2) is 7.71. The summed E-state index contributed by atoms with van der Waals surface area (Å²) >= 11 is 0. The third-order valence-electron chi connectivity index (χ3n) is 3.80. The number of carbonyl (C=O) groups excluding carboxylic acids is 1. The molecule has 1 aromatic carbocycles. The number of benzene rings is 1. The van der Waals surface area contributed by atoms with E-state index >= 15 is 0 Å². The van der Waals surface area contributed by atoms with Gasteiger partial charge >= 0.3 is 18.0 Å². The largest absolute Gasteiger partial charge is 0.496 e. The fraction of sp³-hybridized carbons (Fsp3) is 0.562. The van der Waals surface area contributed by atoms with Gasteiger partial charge in [0.05, 0.1) is 7.11 Å². The second-order valence-corrected chi connectivity index (χ2v) is 5.73. The van der Waals surface area contributed by atoms with E-state index in [-0.39, 0.29) is 12.8 Å². The molecule has 3 nitrogen and oxygen atoms in total. The van der Waals surface area contributed by atoms with Gasteiger partial charge in [0.15, 0.2) is 0 Å². The molecule has 148 valence electrons. The quantitative estimate of drug-likeness (QED) is 0.708. The number of ether oxygens (including phenoxy) is 1. The third-order valence-corrected chi connectivity index (χ3v) is 3.80. The molecule has 1 unspecified atom stereocenters.